The number of nitrogens with one attached hydrogen (secondary N) is 1. The van der Waals surface area contributed by atoms with Crippen LogP contribution < -0.4 is 5.32 Å². The molecule has 1 aromatic carbocycles. The Hall–Kier alpha value is -2.48. The standard InChI is InChI=1S/C14H15N5O2S/c1-8(11-7-18(3)17-9(11)2)15-14-16-12-5-4-10(19(20)21)6-13(12)22-14/h4-8H,1-3H3,(H,15,16)/t8-/m0/s1. The highest BCUT2D eigenvalue weighted by atomic mass is 32.1. The van der Waals surface area contributed by atoms with Crippen molar-refractivity contribution in [3.63, 3.8) is 0 Å². The quantitative estimate of drug-likeness (QED) is 0.588. The van der Waals surface area contributed by atoms with Crippen LogP contribution in [0.25, 0.3) is 10.2 Å². The van der Waals surface area contributed by atoms with Crippen molar-refractivity contribution in [2.45, 2.75) is 19.9 Å². The van der Waals surface area contributed by atoms with Gasteiger partial charge in [0.05, 0.1) is 26.9 Å². The summed E-state index contributed by atoms with van der Waals surface area (Å²) in [6, 6.07) is 4.76. The Labute approximate surface area is 130 Å². The van der Waals surface area contributed by atoms with Gasteiger partial charge >= 0.3 is 0 Å². The predicted octanol–water partition coefficient (Wildman–Crippen LogP) is 3.42. The number of fused-ring (bicyclic) bond motifs is 1. The third-order valence-corrected chi connectivity index (χ3v) is 4.39. The molecule has 3 rings (SSSR count). The van der Waals surface area contributed by atoms with Crippen molar-refractivity contribution in [1.29, 1.82) is 0 Å². The van der Waals surface area contributed by atoms with E-state index in [0.717, 1.165) is 26.6 Å². The maximum Gasteiger partial charge on any atom is 0.270 e. The molecule has 7 nitrogen and oxygen atoms in total. The fourth-order valence-corrected chi connectivity index (χ4v) is 3.38. The molecule has 22 heavy (non-hydrogen) atoms. The van der Waals surface area contributed by atoms with E-state index < -0.39 is 4.92 Å². The molecule has 0 amide bonds. The highest BCUT2D eigenvalue weighted by molar-refractivity contribution is 7.22. The number of hydrogen-bond donors (Lipinski definition) is 1. The van der Waals surface area contributed by atoms with E-state index in [2.05, 4.69) is 15.4 Å². The minimum absolute atomic E-state index is 0.0595. The number of benzene rings is 1. The van der Waals surface area contributed by atoms with Crippen LogP contribution in [0.4, 0.5) is 10.8 Å². The third kappa shape index (κ3) is 2.64. The lowest BCUT2D eigenvalue weighted by Crippen LogP contribution is -2.06. The molecule has 2 aromatic heterocycles. The van der Waals surface area contributed by atoms with Crippen LogP contribution in [0, 0.1) is 17.0 Å². The molecule has 0 saturated carbocycles. The molecule has 0 aliphatic rings. The Kier molecular flexibility index (Phi) is 3.53. The minimum Gasteiger partial charge on any atom is -0.355 e. The number of nitro groups is 1. The highest BCUT2D eigenvalue weighted by Gasteiger charge is 2.15. The van der Waals surface area contributed by atoms with Crippen LogP contribution in [0.3, 0.4) is 0 Å². The number of aromatic nitrogens is 3. The Morgan fingerprint density at radius 3 is 2.86 bits per heavy atom. The molecule has 0 bridgehead atoms. The largest absolute Gasteiger partial charge is 0.355 e. The second-order valence-corrected chi connectivity index (χ2v) is 6.17. The molecule has 0 radical (unpaired) electrons. The van der Waals surface area contributed by atoms with Crippen molar-refractivity contribution in [2.75, 3.05) is 5.32 Å². The fourth-order valence-electron chi connectivity index (χ4n) is 2.39. The van der Waals surface area contributed by atoms with Gasteiger partial charge in [-0.15, -0.1) is 0 Å². The summed E-state index contributed by atoms with van der Waals surface area (Å²) in [5.41, 5.74) is 2.92. The highest BCUT2D eigenvalue weighted by Crippen LogP contribution is 2.31. The van der Waals surface area contributed by atoms with Crippen LogP contribution in [0.5, 0.6) is 0 Å². The van der Waals surface area contributed by atoms with E-state index in [0.29, 0.717) is 0 Å². The van der Waals surface area contributed by atoms with Crippen molar-refractivity contribution >= 4 is 32.4 Å². The van der Waals surface area contributed by atoms with Gasteiger partial charge in [0.25, 0.3) is 5.69 Å². The zero-order chi connectivity index (χ0) is 15.9. The van der Waals surface area contributed by atoms with E-state index in [1.807, 2.05) is 27.1 Å². The molecular formula is C14H15N5O2S. The molecule has 114 valence electrons. The summed E-state index contributed by atoms with van der Waals surface area (Å²) in [6.45, 7) is 4.01. The second-order valence-electron chi connectivity index (χ2n) is 5.14. The van der Waals surface area contributed by atoms with Crippen molar-refractivity contribution in [1.82, 2.24) is 14.8 Å². The first-order valence-electron chi connectivity index (χ1n) is 6.75. The van der Waals surface area contributed by atoms with Crippen molar-refractivity contribution in [2.24, 2.45) is 7.05 Å². The molecular weight excluding hydrogens is 302 g/mol. The average Bonchev–Trinajstić information content (AvgIpc) is 2.99. The number of thiazole rings is 1. The van der Waals surface area contributed by atoms with Crippen molar-refractivity contribution in [3.05, 3.63) is 45.8 Å². The van der Waals surface area contributed by atoms with E-state index in [1.54, 1.807) is 16.8 Å². The van der Waals surface area contributed by atoms with Gasteiger partial charge in [-0.2, -0.15) is 5.10 Å². The van der Waals surface area contributed by atoms with Crippen molar-refractivity contribution in [3.8, 4) is 0 Å². The third-order valence-electron chi connectivity index (χ3n) is 3.44. The molecule has 8 heteroatoms. The molecule has 0 saturated heterocycles. The Morgan fingerprint density at radius 1 is 1.45 bits per heavy atom. The first kappa shape index (κ1) is 14.5. The molecule has 3 aromatic rings. The van der Waals surface area contributed by atoms with Gasteiger partial charge in [0.2, 0.25) is 0 Å². The van der Waals surface area contributed by atoms with E-state index in [9.17, 15) is 10.1 Å². The first-order chi connectivity index (χ1) is 10.4. The molecule has 0 aliphatic carbocycles. The van der Waals surface area contributed by atoms with Gasteiger partial charge in [-0.3, -0.25) is 14.8 Å². The van der Waals surface area contributed by atoms with E-state index >= 15 is 0 Å². The fraction of sp³-hybridized carbons (Fsp3) is 0.286. The molecule has 1 N–H and O–H groups in total. The van der Waals surface area contributed by atoms with Crippen LogP contribution in [0.15, 0.2) is 24.4 Å². The summed E-state index contributed by atoms with van der Waals surface area (Å²) in [5.74, 6) is 0. The number of aryl methyl sites for hydroxylation is 2. The monoisotopic (exact) mass is 317 g/mol. The van der Waals surface area contributed by atoms with Crippen LogP contribution in [0.2, 0.25) is 0 Å². The maximum atomic E-state index is 10.8. The average molecular weight is 317 g/mol. The Balaban J connectivity index is 1.87. The van der Waals surface area contributed by atoms with Crippen molar-refractivity contribution < 1.29 is 4.92 Å². The smallest absolute Gasteiger partial charge is 0.270 e. The second kappa shape index (κ2) is 5.38. The van der Waals surface area contributed by atoms with Crippen LogP contribution >= 0.6 is 11.3 Å². The number of nitro benzene ring substituents is 1. The minimum atomic E-state index is -0.395. The molecule has 0 spiro atoms. The topological polar surface area (TPSA) is 85.9 Å². The van der Waals surface area contributed by atoms with Gasteiger partial charge in [-0.05, 0) is 19.9 Å². The number of nitrogens with zero attached hydrogens (tertiary/aromatic N) is 4. The van der Waals surface area contributed by atoms with Gasteiger partial charge in [0.15, 0.2) is 5.13 Å². The molecule has 0 fully saturated rings. The van der Waals surface area contributed by atoms with E-state index in [1.165, 1.54) is 17.4 Å². The molecule has 0 unspecified atom stereocenters. The van der Waals surface area contributed by atoms with Gasteiger partial charge in [0.1, 0.15) is 0 Å². The summed E-state index contributed by atoms with van der Waals surface area (Å²) in [7, 11) is 1.89. The van der Waals surface area contributed by atoms with Crippen LogP contribution in [-0.4, -0.2) is 19.7 Å². The zero-order valence-electron chi connectivity index (χ0n) is 12.4. The summed E-state index contributed by atoms with van der Waals surface area (Å²) in [5, 5.41) is 19.2. The predicted molar refractivity (Wildman–Crippen MR) is 86.3 cm³/mol. The summed E-state index contributed by atoms with van der Waals surface area (Å²) in [6.07, 6.45) is 1.98. The lowest BCUT2D eigenvalue weighted by Gasteiger charge is -2.11. The lowest BCUT2D eigenvalue weighted by atomic mass is 10.1. The normalized spacial score (nSPS) is 12.5. The zero-order valence-corrected chi connectivity index (χ0v) is 13.2. The van der Waals surface area contributed by atoms with Gasteiger partial charge in [-0.25, -0.2) is 4.98 Å². The summed E-state index contributed by atoms with van der Waals surface area (Å²) < 4.78 is 2.58. The number of hydrogen-bond acceptors (Lipinski definition) is 6. The number of anilines is 1. The van der Waals surface area contributed by atoms with Crippen LogP contribution in [0.1, 0.15) is 24.2 Å². The maximum absolute atomic E-state index is 10.8. The summed E-state index contributed by atoms with van der Waals surface area (Å²) in [4.78, 5) is 14.9. The SMILES string of the molecule is Cc1nn(C)cc1[C@H](C)Nc1nc2ccc([N+](=O)[O-])cc2s1. The number of rotatable bonds is 4. The summed E-state index contributed by atoms with van der Waals surface area (Å²) >= 11 is 1.41. The number of non-ortho nitro benzene ring substituents is 1. The van der Waals surface area contributed by atoms with E-state index in [-0.39, 0.29) is 11.7 Å². The first-order valence-corrected chi connectivity index (χ1v) is 7.57. The molecule has 0 aliphatic heterocycles. The Bertz CT molecular complexity index is 854. The van der Waals surface area contributed by atoms with Gasteiger partial charge in [-0.1, -0.05) is 11.3 Å². The van der Waals surface area contributed by atoms with Crippen LogP contribution in [-0.2, 0) is 7.05 Å². The Morgan fingerprint density at radius 2 is 2.23 bits per heavy atom. The molecule has 2 heterocycles. The lowest BCUT2D eigenvalue weighted by molar-refractivity contribution is -0.384. The van der Waals surface area contributed by atoms with Gasteiger partial charge in [0, 0.05) is 30.9 Å². The molecule has 1 atom stereocenters. The van der Waals surface area contributed by atoms with Gasteiger partial charge < -0.3 is 5.32 Å². The van der Waals surface area contributed by atoms with E-state index in [4.69, 9.17) is 0 Å².